The first-order chi connectivity index (χ1) is 12.5. The molecule has 1 saturated heterocycles. The van der Waals surface area contributed by atoms with E-state index in [-0.39, 0.29) is 6.04 Å². The molecule has 2 aromatic rings. The number of nitrogens with zero attached hydrogens (tertiary/aromatic N) is 1. The van der Waals surface area contributed by atoms with Crippen molar-refractivity contribution in [3.8, 4) is 0 Å². The summed E-state index contributed by atoms with van der Waals surface area (Å²) in [4.78, 5) is 2.48. The molecule has 0 bridgehead atoms. The third-order valence-corrected chi connectivity index (χ3v) is 5.56. The number of halogens is 1. The van der Waals surface area contributed by atoms with Gasteiger partial charge in [0.1, 0.15) is 0 Å². The average molecular weight is 388 g/mol. The molecule has 0 unspecified atom stereocenters. The topological polar surface area (TPSA) is 27.3 Å². The van der Waals surface area contributed by atoms with Crippen LogP contribution >= 0.6 is 23.8 Å². The van der Waals surface area contributed by atoms with E-state index in [1.807, 2.05) is 24.3 Å². The fourth-order valence-corrected chi connectivity index (χ4v) is 3.71. The van der Waals surface area contributed by atoms with E-state index in [0.29, 0.717) is 10.1 Å². The third-order valence-electron chi connectivity index (χ3n) is 5.01. The summed E-state index contributed by atoms with van der Waals surface area (Å²) in [6.45, 7) is 6.76. The first kappa shape index (κ1) is 19.0. The molecule has 0 saturated carbocycles. The number of nitrogens with one attached hydrogen (secondary N) is 2. The summed E-state index contributed by atoms with van der Waals surface area (Å²) in [6.07, 6.45) is 2.56. The van der Waals surface area contributed by atoms with Crippen molar-refractivity contribution in [1.29, 1.82) is 0 Å². The Bertz CT molecular complexity index is 739. The minimum absolute atomic E-state index is 0.118. The van der Waals surface area contributed by atoms with Gasteiger partial charge in [-0.25, -0.2) is 0 Å². The van der Waals surface area contributed by atoms with Crippen molar-refractivity contribution in [3.63, 3.8) is 0 Å². The Hall–Kier alpha value is -1.78. The van der Waals surface area contributed by atoms with Gasteiger partial charge in [0.05, 0.1) is 16.8 Å². The molecule has 1 heterocycles. The Kier molecular flexibility index (Phi) is 6.38. The molecule has 0 aliphatic carbocycles. The van der Waals surface area contributed by atoms with E-state index in [2.05, 4.69) is 53.6 Å². The quantitative estimate of drug-likeness (QED) is 0.665. The predicted octanol–water partition coefficient (Wildman–Crippen LogP) is 5.62. The summed E-state index contributed by atoms with van der Waals surface area (Å²) < 4.78 is 0. The van der Waals surface area contributed by atoms with Crippen LogP contribution < -0.4 is 15.5 Å². The van der Waals surface area contributed by atoms with E-state index in [1.54, 1.807) is 0 Å². The number of thiocarbonyl (C=S) groups is 1. The molecule has 0 spiro atoms. The van der Waals surface area contributed by atoms with Crippen LogP contribution in [0.1, 0.15) is 38.3 Å². The zero-order valence-corrected chi connectivity index (χ0v) is 16.9. The van der Waals surface area contributed by atoms with Crippen LogP contribution in [0, 0.1) is 5.92 Å². The molecule has 2 aromatic carbocycles. The van der Waals surface area contributed by atoms with Crippen LogP contribution in [0.5, 0.6) is 0 Å². The van der Waals surface area contributed by atoms with Crippen molar-refractivity contribution < 1.29 is 0 Å². The third kappa shape index (κ3) is 4.89. The molecule has 2 N–H and O–H groups in total. The highest BCUT2D eigenvalue weighted by atomic mass is 35.5. The lowest BCUT2D eigenvalue weighted by atomic mass is 9.98. The molecule has 0 aromatic heterocycles. The molecular weight excluding hydrogens is 362 g/mol. The van der Waals surface area contributed by atoms with Crippen molar-refractivity contribution >= 4 is 40.3 Å². The molecule has 5 heteroatoms. The maximum atomic E-state index is 6.17. The lowest BCUT2D eigenvalue weighted by Crippen LogP contribution is -2.33. The number of para-hydroxylation sites is 1. The van der Waals surface area contributed by atoms with Crippen molar-refractivity contribution in [3.05, 3.63) is 59.1 Å². The molecule has 1 aliphatic rings. The van der Waals surface area contributed by atoms with Gasteiger partial charge in [0.2, 0.25) is 0 Å². The molecular formula is C21H26ClN3S. The lowest BCUT2D eigenvalue weighted by Gasteiger charge is -2.32. The minimum Gasteiger partial charge on any atom is -0.372 e. The molecule has 1 atom stereocenters. The van der Waals surface area contributed by atoms with Gasteiger partial charge >= 0.3 is 0 Å². The summed E-state index contributed by atoms with van der Waals surface area (Å²) in [5.41, 5.74) is 3.33. The van der Waals surface area contributed by atoms with Crippen molar-refractivity contribution in [2.75, 3.05) is 23.3 Å². The second kappa shape index (κ2) is 8.74. The van der Waals surface area contributed by atoms with Crippen LogP contribution in [0.3, 0.4) is 0 Å². The van der Waals surface area contributed by atoms with Crippen molar-refractivity contribution in [2.45, 2.75) is 32.7 Å². The Balaban J connectivity index is 1.57. The maximum absolute atomic E-state index is 6.17. The Morgan fingerprint density at radius 1 is 1.12 bits per heavy atom. The van der Waals surface area contributed by atoms with Crippen molar-refractivity contribution in [2.24, 2.45) is 5.92 Å². The highest BCUT2D eigenvalue weighted by Crippen LogP contribution is 2.25. The van der Waals surface area contributed by atoms with E-state index in [9.17, 15) is 0 Å². The van der Waals surface area contributed by atoms with Gasteiger partial charge in [-0.3, -0.25) is 0 Å². The minimum atomic E-state index is 0.118. The summed E-state index contributed by atoms with van der Waals surface area (Å²) in [7, 11) is 0. The van der Waals surface area contributed by atoms with E-state index < -0.39 is 0 Å². The second-order valence-corrected chi connectivity index (χ2v) is 7.88. The Morgan fingerprint density at radius 2 is 1.77 bits per heavy atom. The molecule has 1 aliphatic heterocycles. The van der Waals surface area contributed by atoms with Gasteiger partial charge in [-0.1, -0.05) is 42.8 Å². The number of benzene rings is 2. The molecule has 26 heavy (non-hydrogen) atoms. The fraction of sp³-hybridized carbons (Fsp3) is 0.381. The highest BCUT2D eigenvalue weighted by Gasteiger charge is 2.16. The van der Waals surface area contributed by atoms with E-state index >= 15 is 0 Å². The summed E-state index contributed by atoms with van der Waals surface area (Å²) in [6, 6.07) is 16.5. The van der Waals surface area contributed by atoms with E-state index in [4.69, 9.17) is 23.8 Å². The van der Waals surface area contributed by atoms with Crippen LogP contribution in [-0.4, -0.2) is 18.2 Å². The first-order valence-corrected chi connectivity index (χ1v) is 9.98. The normalized spacial score (nSPS) is 16.2. The molecule has 1 fully saturated rings. The van der Waals surface area contributed by atoms with Crippen LogP contribution in [0.4, 0.5) is 11.4 Å². The molecule has 138 valence electrons. The standard InChI is InChI=1S/C21H26ClN3S/c1-15-11-13-25(14-12-15)18-9-7-17(8-10-18)16(2)23-21(26)24-20-6-4-3-5-19(20)22/h3-10,15-16H,11-14H2,1-2H3,(H2,23,24,26)/t16-/m0/s1. The summed E-state index contributed by atoms with van der Waals surface area (Å²) >= 11 is 11.6. The number of piperidine rings is 1. The molecule has 0 radical (unpaired) electrons. The Labute approximate surface area is 166 Å². The monoisotopic (exact) mass is 387 g/mol. The number of rotatable bonds is 4. The predicted molar refractivity (Wildman–Crippen MR) is 116 cm³/mol. The number of anilines is 2. The summed E-state index contributed by atoms with van der Waals surface area (Å²) in [5.74, 6) is 0.848. The Morgan fingerprint density at radius 3 is 2.42 bits per heavy atom. The van der Waals surface area contributed by atoms with Gasteiger partial charge in [0, 0.05) is 18.8 Å². The van der Waals surface area contributed by atoms with Gasteiger partial charge in [-0.2, -0.15) is 0 Å². The van der Waals surface area contributed by atoms with Gasteiger partial charge in [-0.05, 0) is 67.7 Å². The van der Waals surface area contributed by atoms with Gasteiger partial charge in [0.15, 0.2) is 5.11 Å². The maximum Gasteiger partial charge on any atom is 0.171 e. The molecule has 0 amide bonds. The zero-order valence-electron chi connectivity index (χ0n) is 15.3. The largest absolute Gasteiger partial charge is 0.372 e. The zero-order chi connectivity index (χ0) is 18.5. The fourth-order valence-electron chi connectivity index (χ4n) is 3.24. The molecule has 3 nitrogen and oxygen atoms in total. The van der Waals surface area contributed by atoms with Gasteiger partial charge < -0.3 is 15.5 Å². The van der Waals surface area contributed by atoms with Crippen LogP contribution in [0.15, 0.2) is 48.5 Å². The van der Waals surface area contributed by atoms with Crippen LogP contribution in [0.2, 0.25) is 5.02 Å². The lowest BCUT2D eigenvalue weighted by molar-refractivity contribution is 0.438. The number of hydrogen-bond acceptors (Lipinski definition) is 2. The average Bonchev–Trinajstić information content (AvgIpc) is 2.64. The van der Waals surface area contributed by atoms with Crippen molar-refractivity contribution in [1.82, 2.24) is 5.32 Å². The van der Waals surface area contributed by atoms with E-state index in [1.165, 1.54) is 24.1 Å². The summed E-state index contributed by atoms with van der Waals surface area (Å²) in [5, 5.41) is 7.71. The van der Waals surface area contributed by atoms with Crippen LogP contribution in [0.25, 0.3) is 0 Å². The first-order valence-electron chi connectivity index (χ1n) is 9.20. The van der Waals surface area contributed by atoms with Crippen LogP contribution in [-0.2, 0) is 0 Å². The highest BCUT2D eigenvalue weighted by molar-refractivity contribution is 7.80. The van der Waals surface area contributed by atoms with Gasteiger partial charge in [0.25, 0.3) is 0 Å². The SMILES string of the molecule is CC1CCN(c2ccc([C@H](C)NC(=S)Nc3ccccc3Cl)cc2)CC1. The smallest absolute Gasteiger partial charge is 0.171 e. The molecule has 3 rings (SSSR count). The second-order valence-electron chi connectivity index (χ2n) is 7.06. The van der Waals surface area contributed by atoms with Gasteiger partial charge in [-0.15, -0.1) is 0 Å². The van der Waals surface area contributed by atoms with E-state index in [0.717, 1.165) is 24.7 Å². The number of hydrogen-bond donors (Lipinski definition) is 2.